The molecule has 0 aliphatic heterocycles. The van der Waals surface area contributed by atoms with Gasteiger partial charge in [0.1, 0.15) is 0 Å². The van der Waals surface area contributed by atoms with Gasteiger partial charge in [0.25, 0.3) is 0 Å². The summed E-state index contributed by atoms with van der Waals surface area (Å²) in [5.41, 5.74) is 3.92. The molecule has 1 aromatic rings. The van der Waals surface area contributed by atoms with Crippen molar-refractivity contribution in [3.63, 3.8) is 0 Å². The summed E-state index contributed by atoms with van der Waals surface area (Å²) in [6.45, 7) is 7.89. The SMILES string of the molecule is COc1cccc(C2C3=C(CC4=C2C(=O)CC(C)(C)C4)CC(C)(C)CC3=O)c1OCC(=O)O. The van der Waals surface area contributed by atoms with Crippen LogP contribution in [0.5, 0.6) is 11.5 Å². The van der Waals surface area contributed by atoms with Crippen LogP contribution in [-0.2, 0) is 14.4 Å². The lowest BCUT2D eigenvalue weighted by atomic mass is 9.59. The third-order valence-corrected chi connectivity index (χ3v) is 6.91. The van der Waals surface area contributed by atoms with Crippen LogP contribution in [0.3, 0.4) is 0 Å². The van der Waals surface area contributed by atoms with E-state index < -0.39 is 18.5 Å². The van der Waals surface area contributed by atoms with Gasteiger partial charge in [-0.05, 0) is 36.2 Å². The number of carbonyl (C=O) groups excluding carboxylic acids is 2. The zero-order valence-electron chi connectivity index (χ0n) is 20.0. The van der Waals surface area contributed by atoms with E-state index in [-0.39, 0.29) is 28.1 Å². The van der Waals surface area contributed by atoms with E-state index in [4.69, 9.17) is 9.47 Å². The number of hydrogen-bond acceptors (Lipinski definition) is 5. The standard InChI is InChI=1S/C27H32O6/c1-26(2)10-15-9-16-11-27(3,4)13-19(29)23(16)24(22(15)18(28)12-26)17-7-6-8-20(32-5)25(17)33-14-21(30)31/h6-8,24H,9-14H2,1-5H3,(H,30,31). The molecule has 0 unspecified atom stereocenters. The maximum atomic E-state index is 13.5. The Bertz CT molecular complexity index is 1050. The molecule has 0 radical (unpaired) electrons. The van der Waals surface area contributed by atoms with Crippen LogP contribution in [-0.4, -0.2) is 36.4 Å². The molecule has 0 bridgehead atoms. The minimum atomic E-state index is -1.11. The zero-order chi connectivity index (χ0) is 24.1. The highest BCUT2D eigenvalue weighted by Gasteiger charge is 2.46. The van der Waals surface area contributed by atoms with Gasteiger partial charge < -0.3 is 14.6 Å². The van der Waals surface area contributed by atoms with Crippen LogP contribution in [0.2, 0.25) is 0 Å². The Kier molecular flexibility index (Phi) is 5.75. The van der Waals surface area contributed by atoms with E-state index in [1.165, 1.54) is 7.11 Å². The molecule has 1 aromatic carbocycles. The Morgan fingerprint density at radius 3 is 2.00 bits per heavy atom. The Morgan fingerprint density at radius 2 is 1.52 bits per heavy atom. The zero-order valence-corrected chi connectivity index (χ0v) is 20.0. The number of ether oxygens (including phenoxy) is 2. The van der Waals surface area contributed by atoms with E-state index in [1.54, 1.807) is 12.1 Å². The smallest absolute Gasteiger partial charge is 0.341 e. The number of carboxylic acid groups (broad SMARTS) is 1. The van der Waals surface area contributed by atoms with E-state index >= 15 is 0 Å². The summed E-state index contributed by atoms with van der Waals surface area (Å²) in [5, 5.41) is 9.22. The van der Waals surface area contributed by atoms with Crippen molar-refractivity contribution in [1.82, 2.24) is 0 Å². The second kappa shape index (κ2) is 8.15. The molecule has 33 heavy (non-hydrogen) atoms. The Hall–Kier alpha value is -2.89. The van der Waals surface area contributed by atoms with Crippen molar-refractivity contribution in [3.05, 3.63) is 46.1 Å². The molecular formula is C27H32O6. The molecule has 1 N–H and O–H groups in total. The van der Waals surface area contributed by atoms with E-state index in [0.29, 0.717) is 41.7 Å². The van der Waals surface area contributed by atoms with Gasteiger partial charge in [-0.15, -0.1) is 0 Å². The van der Waals surface area contributed by atoms with Crippen LogP contribution in [0.1, 0.15) is 71.3 Å². The number of ketones is 2. The number of benzene rings is 1. The molecule has 6 nitrogen and oxygen atoms in total. The second-order valence-corrected chi connectivity index (χ2v) is 11.1. The number of allylic oxidation sites excluding steroid dienone is 4. The first-order valence-electron chi connectivity index (χ1n) is 11.4. The Morgan fingerprint density at radius 1 is 0.970 bits per heavy atom. The molecule has 0 heterocycles. The molecule has 4 rings (SSSR count). The Balaban J connectivity index is 1.95. The van der Waals surface area contributed by atoms with E-state index in [2.05, 4.69) is 27.7 Å². The monoisotopic (exact) mass is 452 g/mol. The lowest BCUT2D eigenvalue weighted by Crippen LogP contribution is -2.37. The quantitative estimate of drug-likeness (QED) is 0.675. The summed E-state index contributed by atoms with van der Waals surface area (Å²) in [6.07, 6.45) is 3.08. The van der Waals surface area contributed by atoms with Crippen molar-refractivity contribution in [1.29, 1.82) is 0 Å². The molecule has 0 spiro atoms. The van der Waals surface area contributed by atoms with Gasteiger partial charge in [-0.2, -0.15) is 0 Å². The fraction of sp³-hybridized carbons (Fsp3) is 0.519. The fourth-order valence-electron chi connectivity index (χ4n) is 5.89. The van der Waals surface area contributed by atoms with Crippen LogP contribution in [0.15, 0.2) is 40.5 Å². The number of carboxylic acids is 1. The van der Waals surface area contributed by atoms with E-state index in [0.717, 1.165) is 24.0 Å². The number of rotatable bonds is 5. The lowest BCUT2D eigenvalue weighted by molar-refractivity contribution is -0.139. The van der Waals surface area contributed by atoms with Crippen molar-refractivity contribution >= 4 is 17.5 Å². The maximum absolute atomic E-state index is 13.5. The summed E-state index contributed by atoms with van der Waals surface area (Å²) in [6, 6.07) is 5.32. The van der Waals surface area contributed by atoms with Gasteiger partial charge in [0.2, 0.25) is 0 Å². The van der Waals surface area contributed by atoms with Gasteiger partial charge in [-0.25, -0.2) is 4.79 Å². The van der Waals surface area contributed by atoms with Crippen LogP contribution in [0.4, 0.5) is 0 Å². The van der Waals surface area contributed by atoms with Gasteiger partial charge in [-0.1, -0.05) is 51.0 Å². The van der Waals surface area contributed by atoms with Gasteiger partial charge in [0.15, 0.2) is 29.7 Å². The normalized spacial score (nSPS) is 22.1. The minimum absolute atomic E-state index is 0.0578. The first-order valence-corrected chi connectivity index (χ1v) is 11.4. The third-order valence-electron chi connectivity index (χ3n) is 6.91. The highest BCUT2D eigenvalue weighted by atomic mass is 16.5. The molecule has 0 amide bonds. The van der Waals surface area contributed by atoms with Crippen molar-refractivity contribution in [3.8, 4) is 11.5 Å². The summed E-state index contributed by atoms with van der Waals surface area (Å²) >= 11 is 0. The summed E-state index contributed by atoms with van der Waals surface area (Å²) in [4.78, 5) is 38.3. The summed E-state index contributed by atoms with van der Waals surface area (Å²) < 4.78 is 11.2. The number of methoxy groups -OCH3 is 1. The van der Waals surface area contributed by atoms with Crippen molar-refractivity contribution in [2.24, 2.45) is 10.8 Å². The van der Waals surface area contributed by atoms with E-state index in [1.807, 2.05) is 6.07 Å². The third kappa shape index (κ3) is 4.35. The first kappa shape index (κ1) is 23.3. The predicted octanol–water partition coefficient (Wildman–Crippen LogP) is 5.02. The molecule has 0 fully saturated rings. The molecule has 6 heteroatoms. The lowest BCUT2D eigenvalue weighted by Gasteiger charge is -2.43. The largest absolute Gasteiger partial charge is 0.493 e. The molecule has 3 aliphatic rings. The van der Waals surface area contributed by atoms with Crippen LogP contribution < -0.4 is 9.47 Å². The number of aliphatic carboxylic acids is 1. The van der Waals surface area contributed by atoms with Gasteiger partial charge in [-0.3, -0.25) is 9.59 Å². The Labute approximate surface area is 194 Å². The maximum Gasteiger partial charge on any atom is 0.341 e. The van der Waals surface area contributed by atoms with Gasteiger partial charge in [0.05, 0.1) is 7.11 Å². The highest BCUT2D eigenvalue weighted by molar-refractivity contribution is 6.07. The van der Waals surface area contributed by atoms with Crippen LogP contribution >= 0.6 is 0 Å². The molecule has 3 aliphatic carbocycles. The highest BCUT2D eigenvalue weighted by Crippen LogP contribution is 2.56. The molecule has 0 aromatic heterocycles. The van der Waals surface area contributed by atoms with Gasteiger partial charge in [0, 0.05) is 35.5 Å². The average Bonchev–Trinajstić information content (AvgIpc) is 2.68. The van der Waals surface area contributed by atoms with Gasteiger partial charge >= 0.3 is 5.97 Å². The van der Waals surface area contributed by atoms with Crippen LogP contribution in [0, 0.1) is 10.8 Å². The first-order chi connectivity index (χ1) is 15.4. The second-order valence-electron chi connectivity index (χ2n) is 11.1. The fourth-order valence-corrected chi connectivity index (χ4v) is 5.89. The summed E-state index contributed by atoms with van der Waals surface area (Å²) in [5.74, 6) is -0.889. The summed E-state index contributed by atoms with van der Waals surface area (Å²) in [7, 11) is 1.49. The molecule has 0 saturated heterocycles. The van der Waals surface area contributed by atoms with Crippen molar-refractivity contribution in [2.45, 2.75) is 65.7 Å². The molecule has 176 valence electrons. The van der Waals surface area contributed by atoms with Crippen molar-refractivity contribution < 1.29 is 29.0 Å². The predicted molar refractivity (Wildman–Crippen MR) is 124 cm³/mol. The topological polar surface area (TPSA) is 89.9 Å². The minimum Gasteiger partial charge on any atom is -0.493 e. The number of para-hydroxylation sites is 1. The molecule has 0 atom stereocenters. The number of carbonyl (C=O) groups is 3. The van der Waals surface area contributed by atoms with E-state index in [9.17, 15) is 19.5 Å². The number of hydrogen-bond donors (Lipinski definition) is 1. The van der Waals surface area contributed by atoms with Crippen LogP contribution in [0.25, 0.3) is 0 Å². The number of Topliss-reactive ketones (excluding diaryl/α,β-unsaturated/α-hetero) is 2. The molecule has 0 saturated carbocycles. The molecular weight excluding hydrogens is 420 g/mol. The average molecular weight is 453 g/mol. The van der Waals surface area contributed by atoms with Crippen molar-refractivity contribution in [2.75, 3.05) is 13.7 Å².